The number of carbonyl (C=O) groups is 1. The fourth-order valence-corrected chi connectivity index (χ4v) is 2.33. The Morgan fingerprint density at radius 3 is 2.72 bits per heavy atom. The molecule has 1 amide bonds. The number of benzene rings is 1. The quantitative estimate of drug-likeness (QED) is 0.843. The second-order valence-corrected chi connectivity index (χ2v) is 5.65. The molecule has 3 nitrogen and oxygen atoms in total. The minimum atomic E-state index is -0.426. The molecule has 0 bridgehead atoms. The van der Waals surface area contributed by atoms with Crippen molar-refractivity contribution >= 4 is 41.7 Å². The second-order valence-electron chi connectivity index (χ2n) is 4.81. The van der Waals surface area contributed by atoms with E-state index >= 15 is 0 Å². The summed E-state index contributed by atoms with van der Waals surface area (Å²) in [6.45, 7) is 4.37. The molecule has 1 fully saturated rings. The number of halogens is 3. The first-order valence-corrected chi connectivity index (χ1v) is 6.04. The lowest BCUT2D eigenvalue weighted by molar-refractivity contribution is 0.0388. The summed E-state index contributed by atoms with van der Waals surface area (Å²) in [6, 6.07) is 5.04. The van der Waals surface area contributed by atoms with Crippen LogP contribution < -0.4 is 5.32 Å². The summed E-state index contributed by atoms with van der Waals surface area (Å²) in [6.07, 6.45) is -0.426. The zero-order valence-corrected chi connectivity index (χ0v) is 12.3. The van der Waals surface area contributed by atoms with Gasteiger partial charge in [0, 0.05) is 15.5 Å². The SMILES string of the molecule is CC1(C)COC(=O)N[C@@H]1c1cc(Cl)ccc1Cl.Cl. The number of alkyl carbamates (subject to hydrolysis) is 1. The molecule has 0 spiro atoms. The third-order valence-corrected chi connectivity index (χ3v) is 3.47. The standard InChI is InChI=1S/C12H13Cl2NO2.ClH/c1-12(2)6-17-11(16)15-10(12)8-5-7(13)3-4-9(8)14;/h3-5,10H,6H2,1-2H3,(H,15,16);1H/t10-;/m1./s1. The molecule has 18 heavy (non-hydrogen) atoms. The summed E-state index contributed by atoms with van der Waals surface area (Å²) in [7, 11) is 0. The smallest absolute Gasteiger partial charge is 0.407 e. The fourth-order valence-electron chi connectivity index (χ4n) is 1.92. The van der Waals surface area contributed by atoms with Gasteiger partial charge in [0.05, 0.1) is 6.04 Å². The molecule has 0 aliphatic carbocycles. The van der Waals surface area contributed by atoms with Gasteiger partial charge >= 0.3 is 6.09 Å². The molecule has 1 aliphatic heterocycles. The molecule has 100 valence electrons. The summed E-state index contributed by atoms with van der Waals surface area (Å²) in [5.74, 6) is 0. The van der Waals surface area contributed by atoms with E-state index in [0.29, 0.717) is 16.7 Å². The van der Waals surface area contributed by atoms with E-state index in [1.165, 1.54) is 0 Å². The van der Waals surface area contributed by atoms with Gasteiger partial charge < -0.3 is 10.1 Å². The predicted molar refractivity (Wildman–Crippen MR) is 74.7 cm³/mol. The van der Waals surface area contributed by atoms with Crippen LogP contribution in [0.1, 0.15) is 25.5 Å². The molecule has 1 atom stereocenters. The highest BCUT2D eigenvalue weighted by atomic mass is 35.5. The Kier molecular flexibility index (Phi) is 4.76. The molecular weight excluding hydrogens is 296 g/mol. The minimum absolute atomic E-state index is 0. The average Bonchev–Trinajstić information content (AvgIpc) is 2.26. The molecule has 1 heterocycles. The van der Waals surface area contributed by atoms with Crippen molar-refractivity contribution in [2.45, 2.75) is 19.9 Å². The Hall–Kier alpha value is -0.640. The molecule has 6 heteroatoms. The lowest BCUT2D eigenvalue weighted by Gasteiger charge is -2.38. The summed E-state index contributed by atoms with van der Waals surface area (Å²) in [5.41, 5.74) is 0.586. The van der Waals surface area contributed by atoms with Gasteiger partial charge in [-0.25, -0.2) is 4.79 Å². The Bertz CT molecular complexity index is 463. The number of ether oxygens (including phenoxy) is 1. The Balaban J connectivity index is 0.00000162. The summed E-state index contributed by atoms with van der Waals surface area (Å²) in [5, 5.41) is 3.98. The van der Waals surface area contributed by atoms with E-state index in [4.69, 9.17) is 27.9 Å². The van der Waals surface area contributed by atoms with Gasteiger partial charge in [0.1, 0.15) is 6.61 Å². The van der Waals surface area contributed by atoms with Gasteiger partial charge in [-0.15, -0.1) is 12.4 Å². The Morgan fingerprint density at radius 1 is 1.39 bits per heavy atom. The highest BCUT2D eigenvalue weighted by Crippen LogP contribution is 2.40. The normalized spacial score (nSPS) is 21.6. The predicted octanol–water partition coefficient (Wildman–Crippen LogP) is 4.22. The van der Waals surface area contributed by atoms with Crippen LogP contribution in [0.5, 0.6) is 0 Å². The first-order valence-electron chi connectivity index (χ1n) is 5.28. The second kappa shape index (κ2) is 5.55. The van der Waals surface area contributed by atoms with Gasteiger partial charge in [-0.2, -0.15) is 0 Å². The van der Waals surface area contributed by atoms with E-state index in [1.807, 2.05) is 13.8 Å². The van der Waals surface area contributed by atoms with E-state index in [0.717, 1.165) is 5.56 Å². The largest absolute Gasteiger partial charge is 0.449 e. The van der Waals surface area contributed by atoms with Crippen LogP contribution in [0.3, 0.4) is 0 Å². The van der Waals surface area contributed by atoms with Gasteiger partial charge in [0.2, 0.25) is 0 Å². The molecule has 1 aromatic rings. The van der Waals surface area contributed by atoms with Gasteiger partial charge in [0.25, 0.3) is 0 Å². The van der Waals surface area contributed by atoms with Crippen molar-refractivity contribution in [3.05, 3.63) is 33.8 Å². The number of carbonyl (C=O) groups excluding carboxylic acids is 1. The van der Waals surface area contributed by atoms with Crippen LogP contribution in [0.2, 0.25) is 10.0 Å². The Labute approximate surface area is 122 Å². The maximum atomic E-state index is 11.3. The molecule has 2 rings (SSSR count). The van der Waals surface area contributed by atoms with Crippen molar-refractivity contribution in [1.82, 2.24) is 5.32 Å². The number of amides is 1. The monoisotopic (exact) mass is 309 g/mol. The number of cyclic esters (lactones) is 1. The van der Waals surface area contributed by atoms with Crippen LogP contribution in [0, 0.1) is 5.41 Å². The number of rotatable bonds is 1. The molecule has 0 radical (unpaired) electrons. The maximum Gasteiger partial charge on any atom is 0.407 e. The number of hydrogen-bond acceptors (Lipinski definition) is 2. The van der Waals surface area contributed by atoms with E-state index in [-0.39, 0.29) is 23.9 Å². The highest BCUT2D eigenvalue weighted by molar-refractivity contribution is 6.33. The third kappa shape index (κ3) is 3.02. The summed E-state index contributed by atoms with van der Waals surface area (Å²) >= 11 is 12.1. The van der Waals surface area contributed by atoms with Gasteiger partial charge in [0.15, 0.2) is 0 Å². The molecule has 0 unspecified atom stereocenters. The zero-order chi connectivity index (χ0) is 12.6. The van der Waals surface area contributed by atoms with Crippen LogP contribution in [-0.4, -0.2) is 12.7 Å². The minimum Gasteiger partial charge on any atom is -0.449 e. The molecule has 1 N–H and O–H groups in total. The molecule has 1 aromatic carbocycles. The first kappa shape index (κ1) is 15.4. The fraction of sp³-hybridized carbons (Fsp3) is 0.417. The number of nitrogens with one attached hydrogen (secondary N) is 1. The van der Waals surface area contributed by atoms with Crippen LogP contribution in [0.4, 0.5) is 4.79 Å². The van der Waals surface area contributed by atoms with Crippen molar-refractivity contribution in [1.29, 1.82) is 0 Å². The lowest BCUT2D eigenvalue weighted by Crippen LogP contribution is -2.47. The highest BCUT2D eigenvalue weighted by Gasteiger charge is 2.38. The van der Waals surface area contributed by atoms with Crippen LogP contribution in [-0.2, 0) is 4.74 Å². The zero-order valence-electron chi connectivity index (χ0n) is 10.00. The van der Waals surface area contributed by atoms with Gasteiger partial charge in [-0.05, 0) is 23.8 Å². The Morgan fingerprint density at radius 2 is 2.06 bits per heavy atom. The van der Waals surface area contributed by atoms with E-state index in [1.54, 1.807) is 18.2 Å². The first-order chi connectivity index (χ1) is 7.90. The van der Waals surface area contributed by atoms with Crippen molar-refractivity contribution in [3.8, 4) is 0 Å². The summed E-state index contributed by atoms with van der Waals surface area (Å²) in [4.78, 5) is 11.3. The van der Waals surface area contributed by atoms with E-state index in [9.17, 15) is 4.79 Å². The maximum absolute atomic E-state index is 11.3. The van der Waals surface area contributed by atoms with Crippen molar-refractivity contribution < 1.29 is 9.53 Å². The molecular formula is C12H14Cl3NO2. The summed E-state index contributed by atoms with van der Waals surface area (Å²) < 4.78 is 4.99. The van der Waals surface area contributed by atoms with E-state index < -0.39 is 6.09 Å². The van der Waals surface area contributed by atoms with Crippen molar-refractivity contribution in [3.63, 3.8) is 0 Å². The average molecular weight is 311 g/mol. The van der Waals surface area contributed by atoms with Gasteiger partial charge in [-0.3, -0.25) is 0 Å². The van der Waals surface area contributed by atoms with Crippen molar-refractivity contribution in [2.24, 2.45) is 5.41 Å². The molecule has 1 saturated heterocycles. The molecule has 0 saturated carbocycles. The number of hydrogen-bond donors (Lipinski definition) is 1. The molecule has 0 aromatic heterocycles. The van der Waals surface area contributed by atoms with Crippen LogP contribution >= 0.6 is 35.6 Å². The van der Waals surface area contributed by atoms with Crippen LogP contribution in [0.25, 0.3) is 0 Å². The van der Waals surface area contributed by atoms with Crippen molar-refractivity contribution in [2.75, 3.05) is 6.61 Å². The topological polar surface area (TPSA) is 38.3 Å². The van der Waals surface area contributed by atoms with E-state index in [2.05, 4.69) is 5.32 Å². The van der Waals surface area contributed by atoms with Crippen LogP contribution in [0.15, 0.2) is 18.2 Å². The third-order valence-electron chi connectivity index (χ3n) is 2.89. The van der Waals surface area contributed by atoms with Gasteiger partial charge in [-0.1, -0.05) is 37.0 Å². The lowest BCUT2D eigenvalue weighted by atomic mass is 9.80. The molecule has 1 aliphatic rings.